The number of ether oxygens (including phenoxy) is 2. The first-order chi connectivity index (χ1) is 14.4. The highest BCUT2D eigenvalue weighted by Crippen LogP contribution is 2.29. The number of amides is 2. The Balaban J connectivity index is 1.55. The Kier molecular flexibility index (Phi) is 7.33. The molecule has 2 fully saturated rings. The third-order valence-electron chi connectivity index (χ3n) is 5.21. The monoisotopic (exact) mass is 437 g/mol. The first-order valence-electron chi connectivity index (χ1n) is 9.80. The molecule has 1 aromatic rings. The molecule has 3 rings (SSSR count). The van der Waals surface area contributed by atoms with Gasteiger partial charge in [-0.1, -0.05) is 17.7 Å². The van der Waals surface area contributed by atoms with Gasteiger partial charge in [0.05, 0.1) is 23.3 Å². The Morgan fingerprint density at radius 1 is 1.43 bits per heavy atom. The fraction of sp³-hybridized carbons (Fsp3) is 0.429. The highest BCUT2D eigenvalue weighted by molar-refractivity contribution is 6.32. The van der Waals surface area contributed by atoms with Crippen LogP contribution in [0.25, 0.3) is 0 Å². The van der Waals surface area contributed by atoms with Gasteiger partial charge in [0.25, 0.3) is 5.91 Å². The molecule has 2 saturated heterocycles. The van der Waals surface area contributed by atoms with Gasteiger partial charge in [0.1, 0.15) is 6.61 Å². The van der Waals surface area contributed by atoms with Gasteiger partial charge in [0.2, 0.25) is 5.91 Å². The molecule has 30 heavy (non-hydrogen) atoms. The molecule has 1 atom stereocenters. The maximum absolute atomic E-state index is 13.8. The van der Waals surface area contributed by atoms with Crippen molar-refractivity contribution in [2.45, 2.75) is 25.9 Å². The van der Waals surface area contributed by atoms with E-state index >= 15 is 0 Å². The molecule has 0 bridgehead atoms. The number of carbonyl (C=O) groups is 2. The second kappa shape index (κ2) is 9.95. The van der Waals surface area contributed by atoms with Crippen LogP contribution in [0.3, 0.4) is 0 Å². The lowest BCUT2D eigenvalue weighted by atomic mass is 9.97. The van der Waals surface area contributed by atoms with Crippen LogP contribution in [0.5, 0.6) is 5.75 Å². The Morgan fingerprint density at radius 2 is 2.17 bits per heavy atom. The molecule has 0 saturated carbocycles. The number of halogens is 2. The van der Waals surface area contributed by atoms with Gasteiger partial charge in [0.15, 0.2) is 11.6 Å². The Morgan fingerprint density at radius 3 is 2.83 bits per heavy atom. The van der Waals surface area contributed by atoms with Crippen molar-refractivity contribution in [1.82, 2.24) is 10.2 Å². The number of piperidine rings is 1. The molecule has 3 N–H and O–H groups in total. The number of carbonyl (C=O) groups excluding carboxylic acids is 2. The normalized spacial score (nSPS) is 22.2. The van der Waals surface area contributed by atoms with E-state index in [4.69, 9.17) is 26.8 Å². The standard InChI is InChI=1S/C21H25ClFN3O4/c1-13-18(25-19(27)12-29-13)9-15(10-24)21(28)26-7-5-14(6-8-26)11-30-20-16(22)3-2-4-17(20)23/h2-4,9-10,13-14H,5-8,11-12,24H2,1H3,(H,25,27)/b15-10+,18-9+. The maximum Gasteiger partial charge on any atom is 0.255 e. The van der Waals surface area contributed by atoms with Gasteiger partial charge >= 0.3 is 0 Å². The Labute approximate surface area is 179 Å². The zero-order valence-electron chi connectivity index (χ0n) is 16.7. The second-order valence-corrected chi connectivity index (χ2v) is 7.73. The van der Waals surface area contributed by atoms with Gasteiger partial charge < -0.3 is 25.4 Å². The number of para-hydroxylation sites is 1. The SMILES string of the molecule is CC1OCC(=O)N/C1=C/C(=C\N)C(=O)N1CCC(COc2c(F)cccc2Cl)CC1. The number of nitrogens with zero attached hydrogens (tertiary/aromatic N) is 1. The van der Waals surface area contributed by atoms with E-state index < -0.39 is 5.82 Å². The number of morpholine rings is 1. The number of likely N-dealkylation sites (tertiary alicyclic amines) is 1. The molecule has 9 heteroatoms. The molecule has 2 aliphatic rings. The minimum atomic E-state index is -0.492. The molecule has 0 radical (unpaired) electrons. The van der Waals surface area contributed by atoms with E-state index in [1.807, 2.05) is 0 Å². The summed E-state index contributed by atoms with van der Waals surface area (Å²) in [5.41, 5.74) is 6.46. The molecular formula is C21H25ClFN3O4. The van der Waals surface area contributed by atoms with E-state index in [9.17, 15) is 14.0 Å². The number of nitrogens with one attached hydrogen (secondary N) is 1. The van der Waals surface area contributed by atoms with E-state index in [0.717, 1.165) is 0 Å². The summed E-state index contributed by atoms with van der Waals surface area (Å²) in [6, 6.07) is 4.41. The summed E-state index contributed by atoms with van der Waals surface area (Å²) in [5.74, 6) is -0.732. The van der Waals surface area contributed by atoms with Crippen LogP contribution < -0.4 is 15.8 Å². The van der Waals surface area contributed by atoms with E-state index in [1.54, 1.807) is 24.0 Å². The van der Waals surface area contributed by atoms with Crippen LogP contribution in [0.2, 0.25) is 5.02 Å². The minimum Gasteiger partial charge on any atom is -0.489 e. The molecule has 0 aromatic heterocycles. The zero-order valence-corrected chi connectivity index (χ0v) is 17.5. The summed E-state index contributed by atoms with van der Waals surface area (Å²) in [5, 5.41) is 2.95. The lowest BCUT2D eigenvalue weighted by molar-refractivity contribution is -0.130. The van der Waals surface area contributed by atoms with E-state index in [-0.39, 0.29) is 46.8 Å². The summed E-state index contributed by atoms with van der Waals surface area (Å²) < 4.78 is 24.8. The Hall–Kier alpha value is -2.58. The van der Waals surface area contributed by atoms with Crippen LogP contribution in [0.1, 0.15) is 19.8 Å². The van der Waals surface area contributed by atoms with Crippen molar-refractivity contribution in [2.75, 3.05) is 26.3 Å². The lowest BCUT2D eigenvalue weighted by Crippen LogP contribution is -2.42. The molecule has 162 valence electrons. The predicted octanol–water partition coefficient (Wildman–Crippen LogP) is 2.36. The average molecular weight is 438 g/mol. The number of hydrogen-bond acceptors (Lipinski definition) is 5. The fourth-order valence-corrected chi connectivity index (χ4v) is 3.62. The van der Waals surface area contributed by atoms with Crippen LogP contribution >= 0.6 is 11.6 Å². The van der Waals surface area contributed by atoms with Crippen molar-refractivity contribution in [2.24, 2.45) is 11.7 Å². The van der Waals surface area contributed by atoms with E-state index in [0.29, 0.717) is 38.2 Å². The molecule has 1 unspecified atom stereocenters. The summed E-state index contributed by atoms with van der Waals surface area (Å²) in [6.45, 7) is 3.15. The summed E-state index contributed by atoms with van der Waals surface area (Å²) in [4.78, 5) is 26.1. The number of nitrogens with two attached hydrogens (primary N) is 1. The predicted molar refractivity (Wildman–Crippen MR) is 110 cm³/mol. The number of benzene rings is 1. The minimum absolute atomic E-state index is 0.0121. The quantitative estimate of drug-likeness (QED) is 0.690. The summed E-state index contributed by atoms with van der Waals surface area (Å²) >= 11 is 5.99. The van der Waals surface area contributed by atoms with Crippen molar-refractivity contribution in [1.29, 1.82) is 0 Å². The zero-order chi connectivity index (χ0) is 21.7. The van der Waals surface area contributed by atoms with Crippen LogP contribution in [0.15, 0.2) is 41.7 Å². The Bertz CT molecular complexity index is 846. The highest BCUT2D eigenvalue weighted by atomic mass is 35.5. The molecule has 7 nitrogen and oxygen atoms in total. The third-order valence-corrected chi connectivity index (χ3v) is 5.51. The topological polar surface area (TPSA) is 93.9 Å². The van der Waals surface area contributed by atoms with Crippen molar-refractivity contribution in [3.05, 3.63) is 52.6 Å². The van der Waals surface area contributed by atoms with E-state index in [2.05, 4.69) is 5.32 Å². The van der Waals surface area contributed by atoms with Crippen molar-refractivity contribution >= 4 is 23.4 Å². The van der Waals surface area contributed by atoms with Gasteiger partial charge in [-0.05, 0) is 43.9 Å². The summed E-state index contributed by atoms with van der Waals surface area (Å²) in [6.07, 6.45) is 3.88. The van der Waals surface area contributed by atoms with E-state index in [1.165, 1.54) is 18.3 Å². The maximum atomic E-state index is 13.8. The molecule has 2 amide bonds. The van der Waals surface area contributed by atoms with Crippen LogP contribution in [-0.2, 0) is 14.3 Å². The molecule has 0 spiro atoms. The fourth-order valence-electron chi connectivity index (χ4n) is 3.40. The summed E-state index contributed by atoms with van der Waals surface area (Å²) in [7, 11) is 0. The smallest absolute Gasteiger partial charge is 0.255 e. The van der Waals surface area contributed by atoms with Gasteiger partial charge in [0, 0.05) is 25.0 Å². The van der Waals surface area contributed by atoms with Gasteiger partial charge in [-0.15, -0.1) is 0 Å². The van der Waals surface area contributed by atoms with Crippen LogP contribution in [0, 0.1) is 11.7 Å². The van der Waals surface area contributed by atoms with Crippen molar-refractivity contribution in [3.63, 3.8) is 0 Å². The second-order valence-electron chi connectivity index (χ2n) is 7.32. The first-order valence-corrected chi connectivity index (χ1v) is 10.2. The van der Waals surface area contributed by atoms with Gasteiger partial charge in [-0.3, -0.25) is 9.59 Å². The largest absolute Gasteiger partial charge is 0.489 e. The molecule has 1 aromatic carbocycles. The third kappa shape index (κ3) is 5.31. The average Bonchev–Trinajstić information content (AvgIpc) is 2.74. The molecule has 2 heterocycles. The molecule has 0 aliphatic carbocycles. The molecule has 2 aliphatic heterocycles. The van der Waals surface area contributed by atoms with Crippen LogP contribution in [-0.4, -0.2) is 49.1 Å². The van der Waals surface area contributed by atoms with Crippen LogP contribution in [0.4, 0.5) is 4.39 Å². The number of hydrogen-bond donors (Lipinski definition) is 2. The van der Waals surface area contributed by atoms with Crippen molar-refractivity contribution in [3.8, 4) is 5.75 Å². The van der Waals surface area contributed by atoms with Crippen molar-refractivity contribution < 1.29 is 23.5 Å². The van der Waals surface area contributed by atoms with Gasteiger partial charge in [-0.25, -0.2) is 4.39 Å². The lowest BCUT2D eigenvalue weighted by Gasteiger charge is -2.32. The highest BCUT2D eigenvalue weighted by Gasteiger charge is 2.27. The van der Waals surface area contributed by atoms with Gasteiger partial charge in [-0.2, -0.15) is 0 Å². The first kappa shape index (κ1) is 22.1. The molecular weight excluding hydrogens is 413 g/mol. The number of rotatable bonds is 5.